The van der Waals surface area contributed by atoms with E-state index in [9.17, 15) is 0 Å². The highest BCUT2D eigenvalue weighted by molar-refractivity contribution is 6.33. The van der Waals surface area contributed by atoms with Gasteiger partial charge < -0.3 is 5.32 Å². The third-order valence-corrected chi connectivity index (χ3v) is 2.87. The van der Waals surface area contributed by atoms with Crippen LogP contribution in [0.1, 0.15) is 32.6 Å². The van der Waals surface area contributed by atoms with Crippen LogP contribution in [0.2, 0.25) is 5.15 Å². The second-order valence-corrected chi connectivity index (χ2v) is 4.41. The van der Waals surface area contributed by atoms with Crippen molar-refractivity contribution < 1.29 is 0 Å². The molecule has 0 radical (unpaired) electrons. The van der Waals surface area contributed by atoms with E-state index in [4.69, 9.17) is 11.6 Å². The first-order valence-corrected chi connectivity index (χ1v) is 6.57. The Morgan fingerprint density at radius 2 is 1.94 bits per heavy atom. The Morgan fingerprint density at radius 3 is 2.78 bits per heavy atom. The third kappa shape index (κ3) is 3.26. The molecule has 18 heavy (non-hydrogen) atoms. The van der Waals surface area contributed by atoms with Gasteiger partial charge in [0.25, 0.3) is 0 Å². The van der Waals surface area contributed by atoms with Crippen molar-refractivity contribution in [3.63, 3.8) is 0 Å². The molecule has 0 bridgehead atoms. The molecule has 1 N–H and O–H groups in total. The fourth-order valence-corrected chi connectivity index (χ4v) is 1.87. The molecule has 0 saturated carbocycles. The Morgan fingerprint density at radius 1 is 1.11 bits per heavy atom. The van der Waals surface area contributed by atoms with Gasteiger partial charge in [-0.1, -0.05) is 37.8 Å². The van der Waals surface area contributed by atoms with Crippen LogP contribution in [0.25, 0.3) is 11.2 Å². The maximum absolute atomic E-state index is 6.03. The van der Waals surface area contributed by atoms with Gasteiger partial charge in [0.1, 0.15) is 5.52 Å². The number of unbranched alkanes of at least 4 members (excludes halogenated alkanes) is 3. The summed E-state index contributed by atoms with van der Waals surface area (Å²) in [6, 6.07) is 0. The van der Waals surface area contributed by atoms with Crippen LogP contribution in [0.3, 0.4) is 0 Å². The quantitative estimate of drug-likeness (QED) is 0.642. The summed E-state index contributed by atoms with van der Waals surface area (Å²) < 4.78 is 0. The lowest BCUT2D eigenvalue weighted by atomic mass is 10.2. The van der Waals surface area contributed by atoms with E-state index in [0.29, 0.717) is 22.3 Å². The number of hydrogen-bond donors (Lipinski definition) is 1. The highest BCUT2D eigenvalue weighted by Gasteiger charge is 2.06. The predicted molar refractivity (Wildman–Crippen MR) is 72.8 cm³/mol. The van der Waals surface area contributed by atoms with Crippen LogP contribution in [0.5, 0.6) is 0 Å². The summed E-state index contributed by atoms with van der Waals surface area (Å²) in [6.07, 6.45) is 7.98. The van der Waals surface area contributed by atoms with E-state index < -0.39 is 0 Å². The number of aromatic nitrogens is 4. The van der Waals surface area contributed by atoms with Crippen LogP contribution in [0, 0.1) is 0 Å². The molecule has 0 atom stereocenters. The Balaban J connectivity index is 2.01. The maximum Gasteiger partial charge on any atom is 0.226 e. The van der Waals surface area contributed by atoms with Crippen molar-refractivity contribution in [1.29, 1.82) is 0 Å². The van der Waals surface area contributed by atoms with Crippen LogP contribution in [0.4, 0.5) is 5.95 Å². The Labute approximate surface area is 111 Å². The van der Waals surface area contributed by atoms with E-state index in [1.54, 1.807) is 12.4 Å². The average molecular weight is 266 g/mol. The van der Waals surface area contributed by atoms with Gasteiger partial charge in [-0.25, -0.2) is 9.97 Å². The minimum atomic E-state index is 0.337. The molecule has 2 aromatic rings. The number of fused-ring (bicyclic) bond motifs is 1. The average Bonchev–Trinajstić information content (AvgIpc) is 2.39. The van der Waals surface area contributed by atoms with E-state index in [-0.39, 0.29) is 0 Å². The molecule has 5 nitrogen and oxygen atoms in total. The number of nitrogens with zero attached hydrogens (tertiary/aromatic N) is 4. The van der Waals surface area contributed by atoms with Crippen LogP contribution >= 0.6 is 11.6 Å². The molecule has 0 aliphatic heterocycles. The molecule has 2 aromatic heterocycles. The maximum atomic E-state index is 6.03. The molecule has 0 aromatic carbocycles. The molecular weight excluding hydrogens is 250 g/mol. The van der Waals surface area contributed by atoms with Gasteiger partial charge in [0.15, 0.2) is 10.8 Å². The monoisotopic (exact) mass is 265 g/mol. The summed E-state index contributed by atoms with van der Waals surface area (Å²) in [5, 5.41) is 3.50. The summed E-state index contributed by atoms with van der Waals surface area (Å²) in [5.41, 5.74) is 1.06. The zero-order valence-corrected chi connectivity index (χ0v) is 11.1. The number of hydrogen-bond acceptors (Lipinski definition) is 5. The SMILES string of the molecule is CCCCCCNc1nc(Cl)c2nccnc2n1. The van der Waals surface area contributed by atoms with Gasteiger partial charge in [0.2, 0.25) is 5.95 Å². The molecular formula is C12H16ClN5. The lowest BCUT2D eigenvalue weighted by Gasteiger charge is -2.05. The summed E-state index contributed by atoms with van der Waals surface area (Å²) in [6.45, 7) is 3.04. The van der Waals surface area contributed by atoms with Crippen molar-refractivity contribution in [1.82, 2.24) is 19.9 Å². The first-order chi connectivity index (χ1) is 8.81. The molecule has 0 spiro atoms. The highest BCUT2D eigenvalue weighted by atomic mass is 35.5. The van der Waals surface area contributed by atoms with Crippen LogP contribution in [0.15, 0.2) is 12.4 Å². The van der Waals surface area contributed by atoms with E-state index in [2.05, 4.69) is 32.2 Å². The van der Waals surface area contributed by atoms with Gasteiger partial charge in [-0.05, 0) is 6.42 Å². The zero-order chi connectivity index (χ0) is 12.8. The predicted octanol–water partition coefficient (Wildman–Crippen LogP) is 3.07. The summed E-state index contributed by atoms with van der Waals surface area (Å²) in [4.78, 5) is 16.7. The number of anilines is 1. The minimum absolute atomic E-state index is 0.337. The Bertz CT molecular complexity index is 517. The summed E-state index contributed by atoms with van der Waals surface area (Å²) in [7, 11) is 0. The zero-order valence-electron chi connectivity index (χ0n) is 10.4. The first-order valence-electron chi connectivity index (χ1n) is 6.19. The van der Waals surface area contributed by atoms with Crippen molar-refractivity contribution >= 4 is 28.7 Å². The molecule has 0 fully saturated rings. The fraction of sp³-hybridized carbons (Fsp3) is 0.500. The molecule has 6 heteroatoms. The largest absolute Gasteiger partial charge is 0.354 e. The molecule has 0 amide bonds. The minimum Gasteiger partial charge on any atom is -0.354 e. The number of halogens is 1. The van der Waals surface area contributed by atoms with Gasteiger partial charge in [-0.3, -0.25) is 0 Å². The Hall–Kier alpha value is -1.49. The van der Waals surface area contributed by atoms with Gasteiger partial charge >= 0.3 is 0 Å². The van der Waals surface area contributed by atoms with Gasteiger partial charge in [-0.2, -0.15) is 9.97 Å². The Kier molecular flexibility index (Phi) is 4.64. The highest BCUT2D eigenvalue weighted by Crippen LogP contribution is 2.17. The molecule has 0 aliphatic rings. The van der Waals surface area contributed by atoms with E-state index >= 15 is 0 Å². The van der Waals surface area contributed by atoms with E-state index in [1.165, 1.54) is 19.3 Å². The van der Waals surface area contributed by atoms with Crippen molar-refractivity contribution in [3.05, 3.63) is 17.5 Å². The normalized spacial score (nSPS) is 10.8. The fourth-order valence-electron chi connectivity index (χ4n) is 1.66. The second kappa shape index (κ2) is 6.44. The molecule has 2 heterocycles. The van der Waals surface area contributed by atoms with Gasteiger partial charge in [0.05, 0.1) is 0 Å². The number of rotatable bonds is 6. The first kappa shape index (κ1) is 13.0. The van der Waals surface area contributed by atoms with Crippen molar-refractivity contribution in [2.75, 3.05) is 11.9 Å². The molecule has 2 rings (SSSR count). The lowest BCUT2D eigenvalue weighted by molar-refractivity contribution is 0.683. The van der Waals surface area contributed by atoms with Crippen LogP contribution in [-0.2, 0) is 0 Å². The summed E-state index contributed by atoms with van der Waals surface area (Å²) in [5.74, 6) is 0.518. The topological polar surface area (TPSA) is 63.6 Å². The lowest BCUT2D eigenvalue weighted by Crippen LogP contribution is -2.06. The molecule has 0 saturated heterocycles. The standard InChI is InChI=1S/C12H16ClN5/c1-2-3-4-5-6-16-12-17-10(13)9-11(18-12)15-8-7-14-9/h7-8H,2-6H2,1H3,(H,15,16,17,18). The molecule has 96 valence electrons. The van der Waals surface area contributed by atoms with Crippen LogP contribution in [-0.4, -0.2) is 26.5 Å². The van der Waals surface area contributed by atoms with E-state index in [0.717, 1.165) is 13.0 Å². The van der Waals surface area contributed by atoms with Crippen molar-refractivity contribution in [2.45, 2.75) is 32.6 Å². The molecule has 0 unspecified atom stereocenters. The number of nitrogens with one attached hydrogen (secondary N) is 1. The van der Waals surface area contributed by atoms with Crippen LogP contribution < -0.4 is 5.32 Å². The molecule has 0 aliphatic carbocycles. The summed E-state index contributed by atoms with van der Waals surface area (Å²) >= 11 is 6.03. The smallest absolute Gasteiger partial charge is 0.226 e. The van der Waals surface area contributed by atoms with Gasteiger partial charge in [-0.15, -0.1) is 0 Å². The van der Waals surface area contributed by atoms with Crippen molar-refractivity contribution in [3.8, 4) is 0 Å². The second-order valence-electron chi connectivity index (χ2n) is 4.05. The third-order valence-electron chi connectivity index (χ3n) is 2.60. The van der Waals surface area contributed by atoms with E-state index in [1.807, 2.05) is 0 Å². The van der Waals surface area contributed by atoms with Gasteiger partial charge in [0, 0.05) is 18.9 Å². The van der Waals surface area contributed by atoms with Crippen molar-refractivity contribution in [2.24, 2.45) is 0 Å².